The zero-order valence-corrected chi connectivity index (χ0v) is 13.1. The molecule has 1 aromatic rings. The number of carbonyl (C=O) groups is 1. The molecule has 0 atom stereocenters. The van der Waals surface area contributed by atoms with Gasteiger partial charge in [0, 0.05) is 18.7 Å². The maximum Gasteiger partial charge on any atom is 0.253 e. The van der Waals surface area contributed by atoms with Crippen LogP contribution in [0.2, 0.25) is 0 Å². The first kappa shape index (κ1) is 15.6. The highest BCUT2D eigenvalue weighted by Crippen LogP contribution is 2.22. The molecule has 2 nitrogen and oxygen atoms in total. The second kappa shape index (κ2) is 7.82. The Bertz CT molecular complexity index is 519. The quantitative estimate of drug-likeness (QED) is 0.771. The summed E-state index contributed by atoms with van der Waals surface area (Å²) in [6, 6.07) is 8.04. The molecule has 0 N–H and O–H groups in total. The minimum absolute atomic E-state index is 0.178. The van der Waals surface area contributed by atoms with Gasteiger partial charge in [-0.3, -0.25) is 4.79 Å². The third kappa shape index (κ3) is 3.84. The lowest BCUT2D eigenvalue weighted by molar-refractivity contribution is 0.0793. The molecule has 112 valence electrons. The number of carbonyl (C=O) groups excluding carboxylic acids is 1. The molecule has 1 heterocycles. The van der Waals surface area contributed by atoms with Crippen LogP contribution in [0.5, 0.6) is 0 Å². The first-order valence-corrected chi connectivity index (χ1v) is 8.11. The summed E-state index contributed by atoms with van der Waals surface area (Å²) in [5.74, 6) is 0.178. The third-order valence-corrected chi connectivity index (χ3v) is 3.85. The van der Waals surface area contributed by atoms with E-state index >= 15 is 0 Å². The second-order valence-corrected chi connectivity index (χ2v) is 5.22. The van der Waals surface area contributed by atoms with Gasteiger partial charge in [0.1, 0.15) is 0 Å². The van der Waals surface area contributed by atoms with Crippen LogP contribution < -0.4 is 0 Å². The number of rotatable bonds is 2. The van der Waals surface area contributed by atoms with Crippen molar-refractivity contribution in [3.05, 3.63) is 53.6 Å². The summed E-state index contributed by atoms with van der Waals surface area (Å²) in [6.07, 6.45) is 11.2. The normalized spacial score (nSPS) is 17.0. The number of hydrogen-bond acceptors (Lipinski definition) is 1. The van der Waals surface area contributed by atoms with Gasteiger partial charge >= 0.3 is 0 Å². The van der Waals surface area contributed by atoms with Gasteiger partial charge in [0.15, 0.2) is 0 Å². The number of nitrogens with zero attached hydrogens (tertiary/aromatic N) is 1. The molecular formula is C19H25NO. The van der Waals surface area contributed by atoms with Gasteiger partial charge < -0.3 is 4.90 Å². The van der Waals surface area contributed by atoms with E-state index in [1.54, 1.807) is 0 Å². The van der Waals surface area contributed by atoms with Crippen molar-refractivity contribution in [3.8, 4) is 0 Å². The summed E-state index contributed by atoms with van der Waals surface area (Å²) in [5, 5.41) is 0. The Balaban J connectivity index is 0.000000774. The van der Waals surface area contributed by atoms with Gasteiger partial charge in [0.05, 0.1) is 0 Å². The van der Waals surface area contributed by atoms with E-state index in [2.05, 4.69) is 30.4 Å². The van der Waals surface area contributed by atoms with Crippen molar-refractivity contribution in [2.75, 3.05) is 13.1 Å². The van der Waals surface area contributed by atoms with Gasteiger partial charge in [-0.25, -0.2) is 0 Å². The summed E-state index contributed by atoms with van der Waals surface area (Å²) in [7, 11) is 0. The highest BCUT2D eigenvalue weighted by atomic mass is 16.2. The van der Waals surface area contributed by atoms with Crippen LogP contribution in [0.4, 0.5) is 0 Å². The van der Waals surface area contributed by atoms with E-state index in [0.29, 0.717) is 0 Å². The Morgan fingerprint density at radius 3 is 2.24 bits per heavy atom. The van der Waals surface area contributed by atoms with Gasteiger partial charge in [-0.05, 0) is 49.0 Å². The first-order valence-electron chi connectivity index (χ1n) is 8.11. The van der Waals surface area contributed by atoms with Crippen LogP contribution in [-0.2, 0) is 0 Å². The standard InChI is InChI=1S/C17H19NO.C2H6/c19-17(18-12-4-5-13-18)16-10-8-15(9-11-16)14-6-2-1-3-7-14;1-2/h2,6-11H,1,3-5,12-13H2;1-2H3. The molecule has 1 aliphatic heterocycles. The molecule has 1 saturated heterocycles. The molecule has 0 bridgehead atoms. The molecule has 1 amide bonds. The topological polar surface area (TPSA) is 20.3 Å². The van der Waals surface area contributed by atoms with Crippen molar-refractivity contribution in [3.63, 3.8) is 0 Å². The van der Waals surface area contributed by atoms with Crippen molar-refractivity contribution in [1.29, 1.82) is 0 Å². The summed E-state index contributed by atoms with van der Waals surface area (Å²) in [4.78, 5) is 14.2. The lowest BCUT2D eigenvalue weighted by Gasteiger charge is -2.15. The van der Waals surface area contributed by atoms with Crippen LogP contribution in [0.1, 0.15) is 55.5 Å². The van der Waals surface area contributed by atoms with E-state index in [4.69, 9.17) is 0 Å². The summed E-state index contributed by atoms with van der Waals surface area (Å²) < 4.78 is 0. The lowest BCUT2D eigenvalue weighted by Crippen LogP contribution is -2.27. The fourth-order valence-electron chi connectivity index (χ4n) is 2.74. The lowest BCUT2D eigenvalue weighted by atomic mass is 9.98. The number of hydrogen-bond donors (Lipinski definition) is 0. The molecule has 21 heavy (non-hydrogen) atoms. The molecule has 1 aromatic carbocycles. The average molecular weight is 283 g/mol. The molecule has 0 aromatic heterocycles. The third-order valence-electron chi connectivity index (χ3n) is 3.85. The minimum atomic E-state index is 0.178. The zero-order valence-electron chi connectivity index (χ0n) is 13.1. The van der Waals surface area contributed by atoms with Crippen molar-refractivity contribution in [2.45, 2.75) is 39.5 Å². The molecule has 2 heteroatoms. The van der Waals surface area contributed by atoms with E-state index in [1.165, 1.54) is 11.1 Å². The van der Waals surface area contributed by atoms with Crippen molar-refractivity contribution < 1.29 is 4.79 Å². The van der Waals surface area contributed by atoms with Crippen LogP contribution in [0.15, 0.2) is 42.5 Å². The van der Waals surface area contributed by atoms with Crippen LogP contribution in [0, 0.1) is 0 Å². The predicted octanol–water partition coefficient (Wildman–Crippen LogP) is 4.68. The zero-order chi connectivity index (χ0) is 15.1. The fourth-order valence-corrected chi connectivity index (χ4v) is 2.74. The predicted molar refractivity (Wildman–Crippen MR) is 89.3 cm³/mol. The Kier molecular flexibility index (Phi) is 5.79. The van der Waals surface area contributed by atoms with Gasteiger partial charge in [0.25, 0.3) is 5.91 Å². The number of amides is 1. The number of benzene rings is 1. The molecule has 0 spiro atoms. The maximum atomic E-state index is 12.2. The molecule has 1 fully saturated rings. The molecule has 1 aliphatic carbocycles. The van der Waals surface area contributed by atoms with Crippen molar-refractivity contribution in [2.24, 2.45) is 0 Å². The molecule has 2 aliphatic rings. The van der Waals surface area contributed by atoms with Crippen LogP contribution in [0.3, 0.4) is 0 Å². The first-order chi connectivity index (χ1) is 10.3. The van der Waals surface area contributed by atoms with Gasteiger partial charge in [-0.15, -0.1) is 0 Å². The summed E-state index contributed by atoms with van der Waals surface area (Å²) in [6.45, 7) is 5.82. The maximum absolute atomic E-state index is 12.2. The monoisotopic (exact) mass is 283 g/mol. The molecule has 0 saturated carbocycles. The Hall–Kier alpha value is -1.83. The number of likely N-dealkylation sites (tertiary alicyclic amines) is 1. The molecule has 0 unspecified atom stereocenters. The highest BCUT2D eigenvalue weighted by Gasteiger charge is 2.19. The molecule has 3 rings (SSSR count). The average Bonchev–Trinajstić information content (AvgIpc) is 3.11. The van der Waals surface area contributed by atoms with Gasteiger partial charge in [0.2, 0.25) is 0 Å². The van der Waals surface area contributed by atoms with Gasteiger partial charge in [-0.2, -0.15) is 0 Å². The Labute approximate surface area is 128 Å². The van der Waals surface area contributed by atoms with Crippen LogP contribution in [0.25, 0.3) is 5.57 Å². The Morgan fingerprint density at radius 2 is 1.67 bits per heavy atom. The van der Waals surface area contributed by atoms with E-state index in [0.717, 1.165) is 44.3 Å². The summed E-state index contributed by atoms with van der Waals surface area (Å²) in [5.41, 5.74) is 3.28. The SMILES string of the molecule is CC.O=C(c1ccc(C2=CCCC=C2)cc1)N1CCCC1. The summed E-state index contributed by atoms with van der Waals surface area (Å²) >= 11 is 0. The highest BCUT2D eigenvalue weighted by molar-refractivity contribution is 5.94. The van der Waals surface area contributed by atoms with Crippen molar-refractivity contribution >= 4 is 11.5 Å². The fraction of sp³-hybridized carbons (Fsp3) is 0.421. The number of allylic oxidation sites excluding steroid dienone is 4. The van der Waals surface area contributed by atoms with E-state index < -0.39 is 0 Å². The van der Waals surface area contributed by atoms with Crippen molar-refractivity contribution in [1.82, 2.24) is 4.90 Å². The second-order valence-electron chi connectivity index (χ2n) is 5.22. The van der Waals surface area contributed by atoms with E-state index in [9.17, 15) is 4.79 Å². The smallest absolute Gasteiger partial charge is 0.253 e. The van der Waals surface area contributed by atoms with Crippen LogP contribution in [-0.4, -0.2) is 23.9 Å². The van der Waals surface area contributed by atoms with E-state index in [-0.39, 0.29) is 5.91 Å². The van der Waals surface area contributed by atoms with Crippen LogP contribution >= 0.6 is 0 Å². The molecule has 0 radical (unpaired) electrons. The minimum Gasteiger partial charge on any atom is -0.339 e. The largest absolute Gasteiger partial charge is 0.339 e. The van der Waals surface area contributed by atoms with Gasteiger partial charge in [-0.1, -0.05) is 44.2 Å². The Morgan fingerprint density at radius 1 is 1.00 bits per heavy atom. The van der Waals surface area contributed by atoms with E-state index in [1.807, 2.05) is 30.9 Å². The molecular weight excluding hydrogens is 258 g/mol.